The zero-order valence-corrected chi connectivity index (χ0v) is 15.4. The Labute approximate surface area is 151 Å². The maximum Gasteiger partial charge on any atom is 0.244 e. The standard InChI is InChI=1S/C18H23N5OS/c1-14(2)19-8-9-22(11-15-7-10-25-13-15)18(24)12-23-17-6-4-3-5-16(17)20-21-23/h3-7,10,13-14,19H,8-9,11-12H2,1-2H3. The fourth-order valence-corrected chi connectivity index (χ4v) is 3.31. The summed E-state index contributed by atoms with van der Waals surface area (Å²) in [5.41, 5.74) is 2.85. The predicted molar refractivity (Wildman–Crippen MR) is 100 cm³/mol. The quantitative estimate of drug-likeness (QED) is 0.673. The molecule has 0 fully saturated rings. The average Bonchev–Trinajstić information content (AvgIpc) is 3.24. The Hall–Kier alpha value is -2.25. The molecule has 0 saturated heterocycles. The molecule has 6 nitrogen and oxygen atoms in total. The number of amides is 1. The molecule has 7 heteroatoms. The monoisotopic (exact) mass is 357 g/mol. The Balaban J connectivity index is 1.71. The zero-order valence-electron chi connectivity index (χ0n) is 14.6. The molecule has 0 aliphatic carbocycles. The van der Waals surface area contributed by atoms with Gasteiger partial charge in [0, 0.05) is 25.7 Å². The number of carbonyl (C=O) groups excluding carboxylic acids is 1. The Morgan fingerprint density at radius 2 is 2.16 bits per heavy atom. The number of fused-ring (bicyclic) bond motifs is 1. The summed E-state index contributed by atoms with van der Waals surface area (Å²) >= 11 is 1.65. The molecule has 2 heterocycles. The van der Waals surface area contributed by atoms with Crippen LogP contribution in [0.3, 0.4) is 0 Å². The van der Waals surface area contributed by atoms with Crippen LogP contribution in [0.2, 0.25) is 0 Å². The van der Waals surface area contributed by atoms with E-state index in [1.165, 1.54) is 0 Å². The number of hydrogen-bond acceptors (Lipinski definition) is 5. The first-order chi connectivity index (χ1) is 12.1. The van der Waals surface area contributed by atoms with Gasteiger partial charge in [0.05, 0.1) is 5.52 Å². The van der Waals surface area contributed by atoms with Gasteiger partial charge >= 0.3 is 0 Å². The van der Waals surface area contributed by atoms with Crippen LogP contribution < -0.4 is 5.32 Å². The number of rotatable bonds is 8. The van der Waals surface area contributed by atoms with Crippen LogP contribution in [-0.4, -0.2) is 44.9 Å². The van der Waals surface area contributed by atoms with E-state index in [-0.39, 0.29) is 12.5 Å². The summed E-state index contributed by atoms with van der Waals surface area (Å²) in [5.74, 6) is 0.0485. The van der Waals surface area contributed by atoms with E-state index in [0.29, 0.717) is 19.1 Å². The SMILES string of the molecule is CC(C)NCCN(Cc1ccsc1)C(=O)Cn1nnc2ccccc21. The van der Waals surface area contributed by atoms with Gasteiger partial charge in [0.25, 0.3) is 0 Å². The third kappa shape index (κ3) is 4.64. The number of para-hydroxylation sites is 1. The van der Waals surface area contributed by atoms with Crippen LogP contribution in [0.4, 0.5) is 0 Å². The summed E-state index contributed by atoms with van der Waals surface area (Å²) in [7, 11) is 0. The molecule has 1 aromatic carbocycles. The fourth-order valence-electron chi connectivity index (χ4n) is 2.65. The van der Waals surface area contributed by atoms with E-state index < -0.39 is 0 Å². The summed E-state index contributed by atoms with van der Waals surface area (Å²) in [6.07, 6.45) is 0. The lowest BCUT2D eigenvalue weighted by Gasteiger charge is -2.23. The van der Waals surface area contributed by atoms with Crippen LogP contribution in [0.5, 0.6) is 0 Å². The van der Waals surface area contributed by atoms with Crippen LogP contribution in [0.25, 0.3) is 11.0 Å². The van der Waals surface area contributed by atoms with Gasteiger partial charge in [-0.25, -0.2) is 4.68 Å². The van der Waals surface area contributed by atoms with Crippen molar-refractivity contribution in [3.63, 3.8) is 0 Å². The molecule has 0 aliphatic heterocycles. The summed E-state index contributed by atoms with van der Waals surface area (Å²) in [4.78, 5) is 14.8. The van der Waals surface area contributed by atoms with E-state index >= 15 is 0 Å². The summed E-state index contributed by atoms with van der Waals surface area (Å²) in [6, 6.07) is 10.2. The number of benzene rings is 1. The van der Waals surface area contributed by atoms with E-state index in [9.17, 15) is 4.79 Å². The lowest BCUT2D eigenvalue weighted by molar-refractivity contribution is -0.132. The molecule has 25 heavy (non-hydrogen) atoms. The third-order valence-corrected chi connectivity index (χ3v) is 4.68. The molecule has 1 amide bonds. The maximum absolute atomic E-state index is 12.9. The Morgan fingerprint density at radius 1 is 1.32 bits per heavy atom. The van der Waals surface area contributed by atoms with Crippen molar-refractivity contribution >= 4 is 28.3 Å². The minimum absolute atomic E-state index is 0.0485. The highest BCUT2D eigenvalue weighted by Crippen LogP contribution is 2.12. The van der Waals surface area contributed by atoms with Gasteiger partial charge < -0.3 is 10.2 Å². The number of nitrogens with one attached hydrogen (secondary N) is 1. The van der Waals surface area contributed by atoms with Gasteiger partial charge in [-0.05, 0) is 34.5 Å². The van der Waals surface area contributed by atoms with Crippen LogP contribution in [0.1, 0.15) is 19.4 Å². The van der Waals surface area contributed by atoms with Gasteiger partial charge in [-0.15, -0.1) is 5.10 Å². The summed E-state index contributed by atoms with van der Waals surface area (Å²) in [5, 5.41) is 15.7. The van der Waals surface area contributed by atoms with Crippen molar-refractivity contribution in [3.05, 3.63) is 46.7 Å². The second kappa shape index (κ2) is 8.22. The summed E-state index contributed by atoms with van der Waals surface area (Å²) < 4.78 is 1.67. The minimum Gasteiger partial charge on any atom is -0.335 e. The third-order valence-electron chi connectivity index (χ3n) is 3.95. The number of nitrogens with zero attached hydrogens (tertiary/aromatic N) is 4. The molecule has 0 bridgehead atoms. The smallest absolute Gasteiger partial charge is 0.244 e. The van der Waals surface area contributed by atoms with Gasteiger partial charge in [-0.3, -0.25) is 4.79 Å². The Morgan fingerprint density at radius 3 is 2.92 bits per heavy atom. The molecule has 132 valence electrons. The molecule has 1 N–H and O–H groups in total. The molecule has 0 atom stereocenters. The van der Waals surface area contributed by atoms with Crippen LogP contribution >= 0.6 is 11.3 Å². The summed E-state index contributed by atoms with van der Waals surface area (Å²) in [6.45, 7) is 6.46. The molecular formula is C18H23N5OS. The van der Waals surface area contributed by atoms with E-state index in [0.717, 1.165) is 23.1 Å². The van der Waals surface area contributed by atoms with E-state index in [4.69, 9.17) is 0 Å². The first-order valence-corrected chi connectivity index (χ1v) is 9.38. The lowest BCUT2D eigenvalue weighted by atomic mass is 10.3. The molecule has 0 unspecified atom stereocenters. The van der Waals surface area contributed by atoms with Crippen LogP contribution in [0, 0.1) is 0 Å². The lowest BCUT2D eigenvalue weighted by Crippen LogP contribution is -2.39. The normalized spacial score (nSPS) is 11.3. The Kier molecular flexibility index (Phi) is 5.78. The Bertz CT molecular complexity index is 812. The van der Waals surface area contributed by atoms with Gasteiger partial charge in [0.2, 0.25) is 5.91 Å². The molecule has 3 rings (SSSR count). The van der Waals surface area contributed by atoms with Gasteiger partial charge in [0.15, 0.2) is 0 Å². The maximum atomic E-state index is 12.9. The topological polar surface area (TPSA) is 63.1 Å². The molecule has 0 aliphatic rings. The van der Waals surface area contributed by atoms with Crippen molar-refractivity contribution in [3.8, 4) is 0 Å². The molecule has 0 saturated carbocycles. The predicted octanol–water partition coefficient (Wildman–Crippen LogP) is 2.52. The highest BCUT2D eigenvalue weighted by atomic mass is 32.1. The minimum atomic E-state index is 0.0485. The first-order valence-electron chi connectivity index (χ1n) is 8.44. The first kappa shape index (κ1) is 17.6. The van der Waals surface area contributed by atoms with Crippen LogP contribution in [0.15, 0.2) is 41.1 Å². The fraction of sp³-hybridized carbons (Fsp3) is 0.389. The molecule has 3 aromatic rings. The van der Waals surface area contributed by atoms with Crippen molar-refractivity contribution in [2.75, 3.05) is 13.1 Å². The number of hydrogen-bond donors (Lipinski definition) is 1. The molecule has 0 spiro atoms. The second-order valence-electron chi connectivity index (χ2n) is 6.29. The highest BCUT2D eigenvalue weighted by molar-refractivity contribution is 7.07. The van der Waals surface area contributed by atoms with Gasteiger partial charge in [-0.2, -0.15) is 11.3 Å². The number of thiophene rings is 1. The average molecular weight is 357 g/mol. The number of carbonyl (C=O) groups is 1. The van der Waals surface area contributed by atoms with E-state index in [1.807, 2.05) is 34.5 Å². The van der Waals surface area contributed by atoms with E-state index in [2.05, 4.69) is 40.9 Å². The second-order valence-corrected chi connectivity index (χ2v) is 7.07. The van der Waals surface area contributed by atoms with Crippen molar-refractivity contribution in [1.29, 1.82) is 0 Å². The van der Waals surface area contributed by atoms with Crippen LogP contribution in [-0.2, 0) is 17.9 Å². The van der Waals surface area contributed by atoms with Crippen molar-refractivity contribution in [2.45, 2.75) is 33.0 Å². The van der Waals surface area contributed by atoms with Gasteiger partial charge in [-0.1, -0.05) is 31.2 Å². The van der Waals surface area contributed by atoms with E-state index in [1.54, 1.807) is 16.0 Å². The molecular weight excluding hydrogens is 334 g/mol. The molecule has 0 radical (unpaired) electrons. The van der Waals surface area contributed by atoms with Gasteiger partial charge in [0.1, 0.15) is 12.1 Å². The number of aromatic nitrogens is 3. The van der Waals surface area contributed by atoms with Crippen molar-refractivity contribution in [2.24, 2.45) is 0 Å². The highest BCUT2D eigenvalue weighted by Gasteiger charge is 2.17. The largest absolute Gasteiger partial charge is 0.335 e. The molecule has 2 aromatic heterocycles. The van der Waals surface area contributed by atoms with Crippen molar-refractivity contribution < 1.29 is 4.79 Å². The zero-order chi connectivity index (χ0) is 17.6. The van der Waals surface area contributed by atoms with Crippen molar-refractivity contribution in [1.82, 2.24) is 25.2 Å².